The number of carbonyl (C=O) groups is 5. The molecule has 5 amide bonds. The maximum absolute atomic E-state index is 13.1. The molecule has 14 nitrogen and oxygen atoms in total. The molecule has 1 aromatic rings. The first-order valence-electron chi connectivity index (χ1n) is 16.4. The van der Waals surface area contributed by atoms with Crippen molar-refractivity contribution in [3.05, 3.63) is 35.9 Å². The molecule has 14 heteroatoms. The van der Waals surface area contributed by atoms with E-state index in [0.29, 0.717) is 25.7 Å². The second kappa shape index (κ2) is 19.6. The molecule has 0 aliphatic carbocycles. The highest BCUT2D eigenvalue weighted by Crippen LogP contribution is 2.12. The predicted molar refractivity (Wildman–Crippen MR) is 182 cm³/mol. The van der Waals surface area contributed by atoms with Gasteiger partial charge in [0.05, 0.1) is 0 Å². The Hall–Kier alpha value is -4.23. The van der Waals surface area contributed by atoms with Crippen LogP contribution in [0.25, 0.3) is 0 Å². The molecule has 2 atom stereocenters. The van der Waals surface area contributed by atoms with Gasteiger partial charge in [-0.25, -0.2) is 19.2 Å². The number of amides is 5. The monoisotopic (exact) mass is 679 g/mol. The molecule has 5 N–H and O–H groups in total. The van der Waals surface area contributed by atoms with Crippen molar-refractivity contribution in [3.63, 3.8) is 0 Å². The summed E-state index contributed by atoms with van der Waals surface area (Å²) < 4.78 is 16.0. The molecule has 0 heterocycles. The highest BCUT2D eigenvalue weighted by molar-refractivity contribution is 5.78. The van der Waals surface area contributed by atoms with Crippen molar-refractivity contribution in [2.75, 3.05) is 19.6 Å². The van der Waals surface area contributed by atoms with Gasteiger partial charge >= 0.3 is 24.4 Å². The zero-order valence-corrected chi connectivity index (χ0v) is 30.1. The summed E-state index contributed by atoms with van der Waals surface area (Å²) in [5.41, 5.74) is -1.28. The largest absolute Gasteiger partial charge is 0.465 e. The first kappa shape index (κ1) is 41.8. The lowest BCUT2D eigenvalue weighted by Crippen LogP contribution is -2.47. The SMILES string of the molecule is CC(C)(C)OC(=O)NCCC[C@H](CNC(=O)C[C@H](CCCN(Cc1ccccc1)C(=O)O)NC(=O)OC(C)(C)C)NC(=O)OC(C)(C)C. The fraction of sp³-hybridized carbons (Fsp3) is 0.676. The fourth-order valence-electron chi connectivity index (χ4n) is 4.36. The van der Waals surface area contributed by atoms with Gasteiger partial charge in [0.25, 0.3) is 0 Å². The molecule has 0 radical (unpaired) electrons. The minimum absolute atomic E-state index is 0.0630. The van der Waals surface area contributed by atoms with Crippen molar-refractivity contribution in [1.29, 1.82) is 0 Å². The first-order chi connectivity index (χ1) is 22.1. The maximum atomic E-state index is 13.1. The van der Waals surface area contributed by atoms with Crippen molar-refractivity contribution in [1.82, 2.24) is 26.2 Å². The summed E-state index contributed by atoms with van der Waals surface area (Å²) in [5, 5.41) is 20.7. The third-order valence-electron chi connectivity index (χ3n) is 6.28. The second-order valence-corrected chi connectivity index (χ2v) is 14.6. The van der Waals surface area contributed by atoms with Gasteiger partial charge in [0, 0.05) is 44.7 Å². The Labute approximate surface area is 285 Å². The summed E-state index contributed by atoms with van der Waals surface area (Å²) in [5.74, 6) is -0.390. The number of hydrogen-bond acceptors (Lipinski definition) is 8. The van der Waals surface area contributed by atoms with E-state index in [1.807, 2.05) is 30.3 Å². The standard InChI is InChI=1S/C34H57N5O9/c1-32(2,3)46-28(41)35-19-13-17-26(38-30(43)48-34(7,8)9)22-36-27(40)21-25(37-29(42)47-33(4,5)6)18-14-20-39(31(44)45)23-24-15-11-10-12-16-24/h10-12,15-16,25-26H,13-14,17-23H2,1-9H3,(H,35,41)(H,36,40)(H,37,42)(H,38,43)(H,44,45)/t25-,26+/m0/s1. The van der Waals surface area contributed by atoms with E-state index in [4.69, 9.17) is 14.2 Å². The fourth-order valence-corrected chi connectivity index (χ4v) is 4.36. The van der Waals surface area contributed by atoms with Gasteiger partial charge in [-0.2, -0.15) is 0 Å². The average molecular weight is 680 g/mol. The smallest absolute Gasteiger partial charge is 0.407 e. The lowest BCUT2D eigenvalue weighted by molar-refractivity contribution is -0.121. The number of alkyl carbamates (subject to hydrolysis) is 3. The summed E-state index contributed by atoms with van der Waals surface area (Å²) in [6.45, 7) is 16.4. The van der Waals surface area contributed by atoms with Crippen LogP contribution in [0.5, 0.6) is 0 Å². The van der Waals surface area contributed by atoms with Gasteiger partial charge in [-0.15, -0.1) is 0 Å². The van der Waals surface area contributed by atoms with Crippen LogP contribution in [-0.2, 0) is 25.5 Å². The number of nitrogens with zero attached hydrogens (tertiary/aromatic N) is 1. The van der Waals surface area contributed by atoms with Crippen LogP contribution in [0, 0.1) is 0 Å². The summed E-state index contributed by atoms with van der Waals surface area (Å²) in [7, 11) is 0. The Morgan fingerprint density at radius 1 is 0.708 bits per heavy atom. The molecule has 1 aromatic carbocycles. The van der Waals surface area contributed by atoms with E-state index >= 15 is 0 Å². The molecule has 0 saturated heterocycles. The lowest BCUT2D eigenvalue weighted by atomic mass is 10.1. The molecule has 0 saturated carbocycles. The summed E-state index contributed by atoms with van der Waals surface area (Å²) in [6, 6.07) is 8.04. The third-order valence-corrected chi connectivity index (χ3v) is 6.28. The zero-order valence-electron chi connectivity index (χ0n) is 30.1. The van der Waals surface area contributed by atoms with Crippen LogP contribution in [0.3, 0.4) is 0 Å². The molecular weight excluding hydrogens is 622 g/mol. The van der Waals surface area contributed by atoms with Gasteiger partial charge in [-0.3, -0.25) is 4.79 Å². The number of ether oxygens (including phenoxy) is 3. The van der Waals surface area contributed by atoms with Gasteiger partial charge in [0.2, 0.25) is 5.91 Å². The van der Waals surface area contributed by atoms with Gasteiger partial charge < -0.3 is 45.5 Å². The van der Waals surface area contributed by atoms with Gasteiger partial charge in [0.15, 0.2) is 0 Å². The van der Waals surface area contributed by atoms with E-state index in [1.165, 1.54) is 4.90 Å². The summed E-state index contributed by atoms with van der Waals surface area (Å²) >= 11 is 0. The molecule has 48 heavy (non-hydrogen) atoms. The number of hydrogen-bond donors (Lipinski definition) is 5. The van der Waals surface area contributed by atoms with Crippen LogP contribution >= 0.6 is 0 Å². The molecule has 0 unspecified atom stereocenters. The number of nitrogens with one attached hydrogen (secondary N) is 4. The van der Waals surface area contributed by atoms with E-state index in [9.17, 15) is 29.1 Å². The Bertz CT molecular complexity index is 1170. The summed E-state index contributed by atoms with van der Waals surface area (Å²) in [4.78, 5) is 63.4. The van der Waals surface area contributed by atoms with E-state index in [-0.39, 0.29) is 32.6 Å². The minimum Gasteiger partial charge on any atom is -0.465 e. The van der Waals surface area contributed by atoms with Crippen LogP contribution in [0.2, 0.25) is 0 Å². The topological polar surface area (TPSA) is 185 Å². The highest BCUT2D eigenvalue weighted by atomic mass is 16.6. The van der Waals surface area contributed by atoms with Crippen LogP contribution in [-0.4, -0.2) is 88.8 Å². The Morgan fingerprint density at radius 2 is 1.21 bits per heavy atom. The number of carbonyl (C=O) groups excluding carboxylic acids is 4. The number of benzene rings is 1. The highest BCUT2D eigenvalue weighted by Gasteiger charge is 2.24. The quantitative estimate of drug-likeness (QED) is 0.110. The van der Waals surface area contributed by atoms with Crippen molar-refractivity contribution in [2.24, 2.45) is 0 Å². The molecule has 0 aromatic heterocycles. The minimum atomic E-state index is -1.07. The van der Waals surface area contributed by atoms with E-state index in [1.54, 1.807) is 62.3 Å². The molecule has 0 fully saturated rings. The molecule has 0 aliphatic heterocycles. The normalized spacial score (nSPS) is 12.9. The van der Waals surface area contributed by atoms with Gasteiger partial charge in [-0.05, 0) is 93.6 Å². The predicted octanol–water partition coefficient (Wildman–Crippen LogP) is 5.54. The van der Waals surface area contributed by atoms with Crippen molar-refractivity contribution in [3.8, 4) is 0 Å². The van der Waals surface area contributed by atoms with Crippen molar-refractivity contribution < 1.29 is 43.3 Å². The Kier molecular flexibility index (Phi) is 17.0. The average Bonchev–Trinajstić information content (AvgIpc) is 2.90. The molecule has 0 aliphatic rings. The third kappa shape index (κ3) is 21.5. The van der Waals surface area contributed by atoms with Gasteiger partial charge in [-0.1, -0.05) is 30.3 Å². The van der Waals surface area contributed by atoms with Crippen LogP contribution in [0.1, 0.15) is 100.0 Å². The van der Waals surface area contributed by atoms with E-state index in [0.717, 1.165) is 5.56 Å². The maximum Gasteiger partial charge on any atom is 0.407 e. The number of carboxylic acid groups (broad SMARTS) is 1. The van der Waals surface area contributed by atoms with Crippen LogP contribution in [0.4, 0.5) is 19.2 Å². The van der Waals surface area contributed by atoms with Crippen molar-refractivity contribution >= 4 is 30.3 Å². The summed E-state index contributed by atoms with van der Waals surface area (Å²) in [6.07, 6.45) is -1.51. The Balaban J connectivity index is 2.86. The lowest BCUT2D eigenvalue weighted by Gasteiger charge is -2.26. The zero-order chi connectivity index (χ0) is 36.5. The van der Waals surface area contributed by atoms with Crippen molar-refractivity contribution in [2.45, 2.75) is 130 Å². The molecule has 1 rings (SSSR count). The molecule has 0 spiro atoms. The molecular formula is C34H57N5O9. The first-order valence-corrected chi connectivity index (χ1v) is 16.4. The van der Waals surface area contributed by atoms with E-state index < -0.39 is 59.2 Å². The second-order valence-electron chi connectivity index (χ2n) is 14.6. The molecule has 0 bridgehead atoms. The van der Waals surface area contributed by atoms with Gasteiger partial charge in [0.1, 0.15) is 16.8 Å². The van der Waals surface area contributed by atoms with Crippen LogP contribution in [0.15, 0.2) is 30.3 Å². The van der Waals surface area contributed by atoms with Crippen LogP contribution < -0.4 is 21.3 Å². The Morgan fingerprint density at radius 3 is 1.73 bits per heavy atom. The molecule has 272 valence electrons. The van der Waals surface area contributed by atoms with E-state index in [2.05, 4.69) is 21.3 Å². The number of rotatable bonds is 16.